The average molecular weight is 228 g/mol. The number of hydrogen-bond acceptors (Lipinski definition) is 4. The van der Waals surface area contributed by atoms with Crippen molar-refractivity contribution in [2.24, 2.45) is 0 Å². The number of halogens is 1. The first-order chi connectivity index (χ1) is 7.13. The molecule has 0 spiro atoms. The number of rotatable bonds is 4. The van der Waals surface area contributed by atoms with Gasteiger partial charge in [-0.1, -0.05) is 12.1 Å². The topological polar surface area (TPSA) is 55.4 Å². The predicted octanol–water partition coefficient (Wildman–Crippen LogP) is 1.54. The lowest BCUT2D eigenvalue weighted by molar-refractivity contribution is -0.151. The largest absolute Gasteiger partial charge is 0.454 e. The van der Waals surface area contributed by atoms with Crippen molar-refractivity contribution < 1.29 is 14.3 Å². The first kappa shape index (κ1) is 11.5. The van der Waals surface area contributed by atoms with Crippen LogP contribution in [0.4, 0.5) is 5.69 Å². The van der Waals surface area contributed by atoms with E-state index in [0.717, 1.165) is 11.3 Å². The molecule has 1 rings (SSSR count). The Hall–Kier alpha value is -1.55. The fourth-order valence-corrected chi connectivity index (χ4v) is 1.08. The molecule has 15 heavy (non-hydrogen) atoms. The number of ether oxygens (including phenoxy) is 1. The van der Waals surface area contributed by atoms with E-state index in [1.807, 2.05) is 18.2 Å². The maximum absolute atomic E-state index is 10.8. The normalized spacial score (nSPS) is 9.47. The molecule has 0 aliphatic carbocycles. The number of hydrogen-bond donors (Lipinski definition) is 1. The third-order valence-corrected chi connectivity index (χ3v) is 1.90. The van der Waals surface area contributed by atoms with Crippen molar-refractivity contribution >= 4 is 28.5 Å². The van der Waals surface area contributed by atoms with Crippen LogP contribution in [0, 0.1) is 0 Å². The quantitative estimate of drug-likeness (QED) is 0.482. The molecule has 0 saturated carbocycles. The lowest BCUT2D eigenvalue weighted by atomic mass is 10.2. The smallest absolute Gasteiger partial charge is 0.391 e. The van der Waals surface area contributed by atoms with Crippen LogP contribution in [0.3, 0.4) is 0 Å². The van der Waals surface area contributed by atoms with Gasteiger partial charge in [-0.25, -0.2) is 4.79 Å². The molecule has 0 saturated heterocycles. The van der Waals surface area contributed by atoms with E-state index in [0.29, 0.717) is 0 Å². The lowest BCUT2D eigenvalue weighted by Crippen LogP contribution is -2.11. The molecule has 80 valence electrons. The highest BCUT2D eigenvalue weighted by Gasteiger charge is 2.11. The summed E-state index contributed by atoms with van der Waals surface area (Å²) in [6.45, 7) is 0.0345. The summed E-state index contributed by atoms with van der Waals surface area (Å²) >= 11 is 4.93. The van der Waals surface area contributed by atoms with Crippen molar-refractivity contribution in [1.82, 2.24) is 0 Å². The van der Waals surface area contributed by atoms with E-state index < -0.39 is 11.2 Å². The lowest BCUT2D eigenvalue weighted by Gasteiger charge is -2.04. The van der Waals surface area contributed by atoms with Crippen LogP contribution in [0.15, 0.2) is 24.3 Å². The second kappa shape index (κ2) is 5.36. The van der Waals surface area contributed by atoms with Gasteiger partial charge in [0.15, 0.2) is 0 Å². The van der Waals surface area contributed by atoms with Crippen LogP contribution in [0.5, 0.6) is 0 Å². The van der Waals surface area contributed by atoms with Crippen molar-refractivity contribution in [3.63, 3.8) is 0 Å². The van der Waals surface area contributed by atoms with Gasteiger partial charge in [0.25, 0.3) is 0 Å². The molecule has 0 amide bonds. The Morgan fingerprint density at radius 2 is 2.20 bits per heavy atom. The number of benzene rings is 1. The third-order valence-electron chi connectivity index (χ3n) is 1.75. The van der Waals surface area contributed by atoms with Gasteiger partial charge in [-0.3, -0.25) is 4.79 Å². The van der Waals surface area contributed by atoms with Crippen molar-refractivity contribution in [1.29, 1.82) is 0 Å². The summed E-state index contributed by atoms with van der Waals surface area (Å²) in [4.78, 5) is 21.1. The molecule has 0 unspecified atom stereocenters. The number of anilines is 1. The number of nitrogens with one attached hydrogen (secondary N) is 1. The van der Waals surface area contributed by atoms with Crippen molar-refractivity contribution in [3.8, 4) is 0 Å². The molecule has 5 heteroatoms. The number of carbonyl (C=O) groups excluding carboxylic acids is 2. The van der Waals surface area contributed by atoms with Gasteiger partial charge in [-0.15, -0.1) is 0 Å². The highest BCUT2D eigenvalue weighted by Crippen LogP contribution is 2.10. The number of carbonyl (C=O) groups is 2. The Labute approximate surface area is 92.2 Å². The minimum Gasteiger partial charge on any atom is -0.454 e. The summed E-state index contributed by atoms with van der Waals surface area (Å²) in [6, 6.07) is 7.29. The molecule has 0 aliphatic heterocycles. The Bertz CT molecular complexity index is 379. The van der Waals surface area contributed by atoms with Crippen LogP contribution in [0.2, 0.25) is 0 Å². The molecule has 0 aliphatic rings. The maximum atomic E-state index is 10.8. The molecule has 4 nitrogen and oxygen atoms in total. The van der Waals surface area contributed by atoms with E-state index in [2.05, 4.69) is 10.1 Å². The second-order valence-corrected chi connectivity index (χ2v) is 3.14. The highest BCUT2D eigenvalue weighted by molar-refractivity contribution is 6.80. The van der Waals surface area contributed by atoms with Crippen LogP contribution < -0.4 is 5.32 Å². The average Bonchev–Trinajstić information content (AvgIpc) is 2.26. The zero-order valence-electron chi connectivity index (χ0n) is 8.12. The standard InChI is InChI=1S/C10H10ClNO3/c1-12-8-4-2-3-7(5-8)6-15-10(14)9(11)13/h2-5,12H,6H2,1H3. The summed E-state index contributed by atoms with van der Waals surface area (Å²) in [5, 5.41) is 1.83. The molecule has 0 radical (unpaired) electrons. The summed E-state index contributed by atoms with van der Waals surface area (Å²) in [5.41, 5.74) is 1.69. The molecule has 1 aromatic carbocycles. The zero-order chi connectivity index (χ0) is 11.3. The van der Waals surface area contributed by atoms with Gasteiger partial charge in [0.1, 0.15) is 6.61 Å². The monoisotopic (exact) mass is 227 g/mol. The van der Waals surface area contributed by atoms with Gasteiger partial charge < -0.3 is 10.1 Å². The molecule has 0 aromatic heterocycles. The molecule has 0 atom stereocenters. The predicted molar refractivity (Wildman–Crippen MR) is 56.6 cm³/mol. The fourth-order valence-electron chi connectivity index (χ4n) is 1.02. The highest BCUT2D eigenvalue weighted by atomic mass is 35.5. The summed E-state index contributed by atoms with van der Waals surface area (Å²) in [5.74, 6) is -1.04. The Kier molecular flexibility index (Phi) is 4.12. The zero-order valence-corrected chi connectivity index (χ0v) is 8.88. The van der Waals surface area contributed by atoms with Crippen LogP contribution >= 0.6 is 11.6 Å². The summed E-state index contributed by atoms with van der Waals surface area (Å²) in [6.07, 6.45) is 0. The van der Waals surface area contributed by atoms with Crippen LogP contribution in [0.1, 0.15) is 5.56 Å². The Morgan fingerprint density at radius 3 is 2.80 bits per heavy atom. The van der Waals surface area contributed by atoms with E-state index >= 15 is 0 Å². The molecule has 0 fully saturated rings. The van der Waals surface area contributed by atoms with E-state index in [1.54, 1.807) is 13.1 Å². The van der Waals surface area contributed by atoms with Gasteiger partial charge in [-0.05, 0) is 29.3 Å². The second-order valence-electron chi connectivity index (χ2n) is 2.80. The Balaban J connectivity index is 2.57. The maximum Gasteiger partial charge on any atom is 0.391 e. The Morgan fingerprint density at radius 1 is 1.47 bits per heavy atom. The van der Waals surface area contributed by atoms with Gasteiger partial charge in [0, 0.05) is 12.7 Å². The summed E-state index contributed by atoms with van der Waals surface area (Å²) < 4.78 is 4.64. The van der Waals surface area contributed by atoms with E-state index in [1.165, 1.54) is 0 Å². The van der Waals surface area contributed by atoms with E-state index in [-0.39, 0.29) is 6.61 Å². The van der Waals surface area contributed by atoms with Crippen LogP contribution in [-0.4, -0.2) is 18.3 Å². The molecule has 0 heterocycles. The molecular weight excluding hydrogens is 218 g/mol. The van der Waals surface area contributed by atoms with Gasteiger partial charge in [-0.2, -0.15) is 0 Å². The fraction of sp³-hybridized carbons (Fsp3) is 0.200. The third kappa shape index (κ3) is 3.59. The number of esters is 1. The van der Waals surface area contributed by atoms with E-state index in [4.69, 9.17) is 11.6 Å². The summed E-state index contributed by atoms with van der Waals surface area (Å²) in [7, 11) is 1.79. The van der Waals surface area contributed by atoms with Crippen molar-refractivity contribution in [3.05, 3.63) is 29.8 Å². The van der Waals surface area contributed by atoms with Gasteiger partial charge >= 0.3 is 11.2 Å². The van der Waals surface area contributed by atoms with Crippen molar-refractivity contribution in [2.75, 3.05) is 12.4 Å². The molecule has 1 aromatic rings. The van der Waals surface area contributed by atoms with Crippen LogP contribution in [0.25, 0.3) is 0 Å². The van der Waals surface area contributed by atoms with Crippen molar-refractivity contribution in [2.45, 2.75) is 6.61 Å². The van der Waals surface area contributed by atoms with Gasteiger partial charge in [0.05, 0.1) is 0 Å². The first-order valence-corrected chi connectivity index (χ1v) is 4.64. The first-order valence-electron chi connectivity index (χ1n) is 4.26. The van der Waals surface area contributed by atoms with Crippen LogP contribution in [-0.2, 0) is 20.9 Å². The minimum absolute atomic E-state index is 0.0345. The molecule has 1 N–H and O–H groups in total. The SMILES string of the molecule is CNc1cccc(COC(=O)C(=O)Cl)c1. The van der Waals surface area contributed by atoms with E-state index in [9.17, 15) is 9.59 Å². The minimum atomic E-state index is -1.11. The molecular formula is C10H10ClNO3. The van der Waals surface area contributed by atoms with Gasteiger partial charge in [0.2, 0.25) is 0 Å². The molecule has 0 bridgehead atoms.